The van der Waals surface area contributed by atoms with Crippen LogP contribution in [0.1, 0.15) is 38.7 Å². The molecular formula is C21H22ClF3N2O2S. The van der Waals surface area contributed by atoms with Crippen LogP contribution in [-0.4, -0.2) is 17.1 Å². The van der Waals surface area contributed by atoms with Crippen molar-refractivity contribution >= 4 is 46.6 Å². The van der Waals surface area contributed by atoms with Crippen LogP contribution in [0.15, 0.2) is 47.4 Å². The maximum Gasteiger partial charge on any atom is 0.416 e. The summed E-state index contributed by atoms with van der Waals surface area (Å²) in [6.45, 7) is 3.65. The van der Waals surface area contributed by atoms with E-state index in [1.54, 1.807) is 31.2 Å². The number of rotatable bonds is 8. The van der Waals surface area contributed by atoms with Crippen molar-refractivity contribution < 1.29 is 22.8 Å². The number of hydrogen-bond donors (Lipinski definition) is 2. The Balaban J connectivity index is 1.97. The Morgan fingerprint density at radius 2 is 1.77 bits per heavy atom. The molecule has 0 saturated heterocycles. The average molecular weight is 459 g/mol. The molecule has 0 bridgehead atoms. The number of anilines is 2. The molecule has 0 saturated carbocycles. The highest BCUT2D eigenvalue weighted by molar-refractivity contribution is 8.00. The van der Waals surface area contributed by atoms with Crippen LogP contribution in [0.3, 0.4) is 0 Å². The highest BCUT2D eigenvalue weighted by Crippen LogP contribution is 2.34. The van der Waals surface area contributed by atoms with E-state index in [9.17, 15) is 22.8 Å². The Morgan fingerprint density at radius 3 is 2.37 bits per heavy atom. The number of alkyl halides is 3. The molecule has 2 N–H and O–H groups in total. The van der Waals surface area contributed by atoms with Crippen LogP contribution in [-0.2, 0) is 15.8 Å². The Kier molecular flexibility index (Phi) is 8.61. The molecule has 2 rings (SSSR count). The molecule has 162 valence electrons. The maximum absolute atomic E-state index is 12.9. The molecule has 0 aliphatic carbocycles. The van der Waals surface area contributed by atoms with Crippen molar-refractivity contribution in [2.45, 2.75) is 49.4 Å². The quantitative estimate of drug-likeness (QED) is 0.438. The summed E-state index contributed by atoms with van der Waals surface area (Å²) in [6, 6.07) is 9.78. The van der Waals surface area contributed by atoms with E-state index in [0.29, 0.717) is 12.1 Å². The normalized spacial score (nSPS) is 12.3. The Labute approximate surface area is 182 Å². The molecule has 1 unspecified atom stereocenters. The molecule has 0 fully saturated rings. The van der Waals surface area contributed by atoms with Gasteiger partial charge in [-0.15, -0.1) is 11.8 Å². The molecule has 0 aromatic heterocycles. The predicted octanol–water partition coefficient (Wildman–Crippen LogP) is 6.61. The van der Waals surface area contributed by atoms with Crippen molar-refractivity contribution in [1.82, 2.24) is 0 Å². The third kappa shape index (κ3) is 7.25. The van der Waals surface area contributed by atoms with E-state index in [-0.39, 0.29) is 16.6 Å². The summed E-state index contributed by atoms with van der Waals surface area (Å²) in [5, 5.41) is 4.70. The first-order valence-corrected chi connectivity index (χ1v) is 10.6. The third-order valence-electron chi connectivity index (χ3n) is 4.13. The van der Waals surface area contributed by atoms with E-state index in [2.05, 4.69) is 10.6 Å². The molecule has 2 aromatic carbocycles. The van der Waals surface area contributed by atoms with Gasteiger partial charge < -0.3 is 10.6 Å². The van der Waals surface area contributed by atoms with Gasteiger partial charge in [0.1, 0.15) is 0 Å². The molecule has 0 aliphatic heterocycles. The molecule has 30 heavy (non-hydrogen) atoms. The first kappa shape index (κ1) is 24.1. The van der Waals surface area contributed by atoms with Gasteiger partial charge >= 0.3 is 6.18 Å². The predicted molar refractivity (Wildman–Crippen MR) is 115 cm³/mol. The summed E-state index contributed by atoms with van der Waals surface area (Å²) in [6.07, 6.45) is -2.31. The highest BCUT2D eigenvalue weighted by atomic mass is 35.5. The van der Waals surface area contributed by atoms with Gasteiger partial charge in [0.05, 0.1) is 21.5 Å². The van der Waals surface area contributed by atoms with E-state index in [1.807, 2.05) is 6.92 Å². The Hall–Kier alpha value is -2.19. The van der Waals surface area contributed by atoms with Gasteiger partial charge in [-0.05, 0) is 55.8 Å². The summed E-state index contributed by atoms with van der Waals surface area (Å²) in [5.74, 6) is -0.527. The summed E-state index contributed by atoms with van der Waals surface area (Å²) in [4.78, 5) is 25.0. The van der Waals surface area contributed by atoms with Crippen molar-refractivity contribution in [3.63, 3.8) is 0 Å². The van der Waals surface area contributed by atoms with E-state index in [0.717, 1.165) is 35.9 Å². The molecule has 4 nitrogen and oxygen atoms in total. The van der Waals surface area contributed by atoms with Gasteiger partial charge in [0.15, 0.2) is 0 Å². The number of carbonyl (C=O) groups excluding carboxylic acids is 2. The summed E-state index contributed by atoms with van der Waals surface area (Å²) >= 11 is 7.16. The lowest BCUT2D eigenvalue weighted by atomic mass is 10.2. The van der Waals surface area contributed by atoms with Gasteiger partial charge in [0, 0.05) is 17.0 Å². The van der Waals surface area contributed by atoms with Crippen LogP contribution in [0.4, 0.5) is 24.5 Å². The lowest BCUT2D eigenvalue weighted by molar-refractivity contribution is -0.137. The molecule has 9 heteroatoms. The number of benzene rings is 2. The minimum atomic E-state index is -4.53. The van der Waals surface area contributed by atoms with E-state index in [4.69, 9.17) is 11.6 Å². The van der Waals surface area contributed by atoms with Crippen LogP contribution in [0, 0.1) is 0 Å². The fraction of sp³-hybridized carbons (Fsp3) is 0.333. The van der Waals surface area contributed by atoms with Crippen molar-refractivity contribution in [3.8, 4) is 0 Å². The number of nitrogens with one attached hydrogen (secondary N) is 2. The van der Waals surface area contributed by atoms with E-state index >= 15 is 0 Å². The minimum Gasteiger partial charge on any atom is -0.326 e. The van der Waals surface area contributed by atoms with E-state index in [1.165, 1.54) is 11.8 Å². The van der Waals surface area contributed by atoms with Gasteiger partial charge in [0.25, 0.3) is 0 Å². The standard InChI is InChI=1S/C21H22ClF3N2O2S/c1-3-4-5-19(28)26-15-7-9-16(10-8-15)30-13(2)20(29)27-18-12-14(21(23,24)25)6-11-17(18)22/h6-13H,3-5H2,1-2H3,(H,26,28)(H,27,29). The average Bonchev–Trinajstić information content (AvgIpc) is 2.68. The first-order valence-electron chi connectivity index (χ1n) is 9.34. The van der Waals surface area contributed by atoms with E-state index < -0.39 is 22.9 Å². The van der Waals surface area contributed by atoms with Crippen LogP contribution in [0.25, 0.3) is 0 Å². The number of unbranched alkanes of at least 4 members (excludes halogenated alkanes) is 1. The second kappa shape index (κ2) is 10.7. The van der Waals surface area contributed by atoms with Crippen LogP contribution in [0.5, 0.6) is 0 Å². The molecule has 0 spiro atoms. The van der Waals surface area contributed by atoms with Crippen LogP contribution in [0.2, 0.25) is 5.02 Å². The number of amides is 2. The van der Waals surface area contributed by atoms with Crippen LogP contribution >= 0.6 is 23.4 Å². The van der Waals surface area contributed by atoms with Crippen molar-refractivity contribution in [2.75, 3.05) is 10.6 Å². The molecule has 1 atom stereocenters. The molecule has 0 radical (unpaired) electrons. The maximum atomic E-state index is 12.9. The van der Waals surface area contributed by atoms with Gasteiger partial charge in [-0.25, -0.2) is 0 Å². The molecular weight excluding hydrogens is 437 g/mol. The van der Waals surface area contributed by atoms with Crippen molar-refractivity contribution in [3.05, 3.63) is 53.1 Å². The zero-order valence-corrected chi connectivity index (χ0v) is 18.0. The van der Waals surface area contributed by atoms with Gasteiger partial charge in [-0.1, -0.05) is 24.9 Å². The largest absolute Gasteiger partial charge is 0.416 e. The Bertz CT molecular complexity index is 889. The number of carbonyl (C=O) groups is 2. The fourth-order valence-electron chi connectivity index (χ4n) is 2.47. The molecule has 2 aromatic rings. The van der Waals surface area contributed by atoms with Gasteiger partial charge in [-0.3, -0.25) is 9.59 Å². The van der Waals surface area contributed by atoms with Gasteiger partial charge in [0.2, 0.25) is 11.8 Å². The molecule has 2 amide bonds. The fourth-order valence-corrected chi connectivity index (χ4v) is 3.50. The smallest absolute Gasteiger partial charge is 0.326 e. The monoisotopic (exact) mass is 458 g/mol. The third-order valence-corrected chi connectivity index (χ3v) is 5.57. The van der Waals surface area contributed by atoms with Crippen molar-refractivity contribution in [1.29, 1.82) is 0 Å². The first-order chi connectivity index (χ1) is 14.1. The molecule has 0 aliphatic rings. The number of thioether (sulfide) groups is 1. The lowest BCUT2D eigenvalue weighted by Gasteiger charge is -2.15. The second-order valence-electron chi connectivity index (χ2n) is 6.62. The summed E-state index contributed by atoms with van der Waals surface area (Å²) in [7, 11) is 0. The SMILES string of the molecule is CCCCC(=O)Nc1ccc(SC(C)C(=O)Nc2cc(C(F)(F)F)ccc2Cl)cc1. The summed E-state index contributed by atoms with van der Waals surface area (Å²) in [5.41, 5.74) is -0.318. The van der Waals surface area contributed by atoms with Gasteiger partial charge in [-0.2, -0.15) is 13.2 Å². The second-order valence-corrected chi connectivity index (χ2v) is 8.44. The zero-order chi connectivity index (χ0) is 22.3. The Morgan fingerprint density at radius 1 is 1.10 bits per heavy atom. The number of hydrogen-bond acceptors (Lipinski definition) is 3. The zero-order valence-electron chi connectivity index (χ0n) is 16.5. The number of halogens is 4. The summed E-state index contributed by atoms with van der Waals surface area (Å²) < 4.78 is 38.6. The minimum absolute atomic E-state index is 0.0247. The van der Waals surface area contributed by atoms with Crippen molar-refractivity contribution in [2.24, 2.45) is 0 Å². The molecule has 0 heterocycles. The highest BCUT2D eigenvalue weighted by Gasteiger charge is 2.31. The lowest BCUT2D eigenvalue weighted by Crippen LogP contribution is -2.22. The topological polar surface area (TPSA) is 58.2 Å². The van der Waals surface area contributed by atoms with Crippen LogP contribution < -0.4 is 10.6 Å².